The second kappa shape index (κ2) is 5.34. The van der Waals surface area contributed by atoms with E-state index in [0.717, 1.165) is 28.9 Å². The maximum absolute atomic E-state index is 11.4. The predicted molar refractivity (Wildman–Crippen MR) is 81.6 cm³/mol. The Bertz CT molecular complexity index is 826. The van der Waals surface area contributed by atoms with Gasteiger partial charge in [0, 0.05) is 17.5 Å². The fraction of sp³-hybridized carbons (Fsp3) is 0.200. The van der Waals surface area contributed by atoms with E-state index in [9.17, 15) is 4.79 Å². The molecular formula is C15H12N4O2S. The van der Waals surface area contributed by atoms with E-state index in [1.165, 1.54) is 11.5 Å². The number of carbonyl (C=O) groups excluding carboxylic acids is 1. The summed E-state index contributed by atoms with van der Waals surface area (Å²) in [5, 5.41) is 8.71. The number of nitrogens with one attached hydrogen (secondary N) is 1. The zero-order chi connectivity index (χ0) is 14.9. The van der Waals surface area contributed by atoms with Gasteiger partial charge < -0.3 is 9.84 Å². The van der Waals surface area contributed by atoms with E-state index in [0.29, 0.717) is 24.6 Å². The van der Waals surface area contributed by atoms with Crippen molar-refractivity contribution in [3.05, 3.63) is 46.7 Å². The number of carbonyl (C=O) groups is 1. The smallest absolute Gasteiger partial charge is 0.231 e. The first-order chi connectivity index (χ1) is 10.8. The van der Waals surface area contributed by atoms with Crippen LogP contribution in [0.2, 0.25) is 0 Å². The third kappa shape index (κ3) is 2.50. The fourth-order valence-electron chi connectivity index (χ4n) is 2.48. The predicted octanol–water partition coefficient (Wildman–Crippen LogP) is 2.67. The van der Waals surface area contributed by atoms with Crippen LogP contribution in [-0.2, 0) is 17.6 Å². The lowest BCUT2D eigenvalue weighted by atomic mass is 9.99. The number of hydrogen-bond donors (Lipinski definition) is 1. The van der Waals surface area contributed by atoms with Gasteiger partial charge in [-0.1, -0.05) is 17.3 Å². The Morgan fingerprint density at radius 1 is 1.27 bits per heavy atom. The molecule has 4 rings (SSSR count). The van der Waals surface area contributed by atoms with Crippen molar-refractivity contribution in [3.8, 4) is 11.5 Å². The number of nitrogens with zero attached hydrogens (tertiary/aromatic N) is 3. The standard InChI is InChI=1S/C15H12N4O2S/c20-13-4-2-10-7-9(1-3-11(10)16-13)8-14-17-15(18-21-14)12-5-6-22-19-12/h1,3,5-7H,2,4,8H2,(H,16,20). The maximum atomic E-state index is 11.4. The number of rotatable bonds is 3. The second-order valence-corrected chi connectivity index (χ2v) is 5.78. The third-order valence-electron chi connectivity index (χ3n) is 3.56. The summed E-state index contributed by atoms with van der Waals surface area (Å²) in [6.45, 7) is 0. The lowest BCUT2D eigenvalue weighted by Crippen LogP contribution is -2.18. The van der Waals surface area contributed by atoms with Crippen LogP contribution in [0.3, 0.4) is 0 Å². The van der Waals surface area contributed by atoms with E-state index >= 15 is 0 Å². The Balaban J connectivity index is 1.55. The molecule has 0 saturated carbocycles. The summed E-state index contributed by atoms with van der Waals surface area (Å²) in [7, 11) is 0. The molecule has 0 aliphatic carbocycles. The summed E-state index contributed by atoms with van der Waals surface area (Å²) in [5.74, 6) is 1.15. The van der Waals surface area contributed by atoms with Crippen LogP contribution in [-0.4, -0.2) is 20.4 Å². The van der Waals surface area contributed by atoms with E-state index in [1.807, 2.05) is 23.6 Å². The molecule has 0 bridgehead atoms. The molecule has 0 fully saturated rings. The monoisotopic (exact) mass is 312 g/mol. The molecule has 0 spiro atoms. The minimum Gasteiger partial charge on any atom is -0.339 e. The zero-order valence-corrected chi connectivity index (χ0v) is 12.4. The van der Waals surface area contributed by atoms with Crippen molar-refractivity contribution >= 4 is 23.1 Å². The molecule has 0 radical (unpaired) electrons. The highest BCUT2D eigenvalue weighted by molar-refractivity contribution is 7.03. The lowest BCUT2D eigenvalue weighted by Gasteiger charge is -2.17. The second-order valence-electron chi connectivity index (χ2n) is 5.11. The Hall–Kier alpha value is -2.54. The number of hydrogen-bond acceptors (Lipinski definition) is 6. The normalized spacial score (nSPS) is 13.7. The summed E-state index contributed by atoms with van der Waals surface area (Å²) in [5.41, 5.74) is 3.86. The van der Waals surface area contributed by atoms with Crippen LogP contribution in [0.5, 0.6) is 0 Å². The zero-order valence-electron chi connectivity index (χ0n) is 11.6. The fourth-order valence-corrected chi connectivity index (χ4v) is 2.99. The van der Waals surface area contributed by atoms with Crippen molar-refractivity contribution in [3.63, 3.8) is 0 Å². The molecule has 1 aliphatic rings. The highest BCUT2D eigenvalue weighted by Gasteiger charge is 2.16. The van der Waals surface area contributed by atoms with Crippen LogP contribution in [0.1, 0.15) is 23.4 Å². The van der Waals surface area contributed by atoms with Gasteiger partial charge in [-0.25, -0.2) is 0 Å². The summed E-state index contributed by atoms with van der Waals surface area (Å²) < 4.78 is 9.48. The number of anilines is 1. The van der Waals surface area contributed by atoms with Gasteiger partial charge in [-0.3, -0.25) is 4.79 Å². The molecule has 0 unspecified atom stereocenters. The van der Waals surface area contributed by atoms with E-state index in [1.54, 1.807) is 0 Å². The maximum Gasteiger partial charge on any atom is 0.231 e. The van der Waals surface area contributed by atoms with Gasteiger partial charge >= 0.3 is 0 Å². The molecule has 22 heavy (non-hydrogen) atoms. The molecule has 1 N–H and O–H groups in total. The van der Waals surface area contributed by atoms with Gasteiger partial charge in [0.25, 0.3) is 0 Å². The highest BCUT2D eigenvalue weighted by atomic mass is 32.1. The van der Waals surface area contributed by atoms with Gasteiger partial charge in [-0.05, 0) is 41.2 Å². The van der Waals surface area contributed by atoms with Crippen LogP contribution in [0, 0.1) is 0 Å². The number of fused-ring (bicyclic) bond motifs is 1. The third-order valence-corrected chi connectivity index (χ3v) is 4.12. The van der Waals surface area contributed by atoms with E-state index < -0.39 is 0 Å². The Kier molecular flexibility index (Phi) is 3.19. The molecular weight excluding hydrogens is 300 g/mol. The molecule has 1 amide bonds. The van der Waals surface area contributed by atoms with Crippen LogP contribution < -0.4 is 5.32 Å². The van der Waals surface area contributed by atoms with Gasteiger partial charge in [0.1, 0.15) is 5.69 Å². The summed E-state index contributed by atoms with van der Waals surface area (Å²) in [4.78, 5) is 15.7. The first-order valence-electron chi connectivity index (χ1n) is 6.93. The quantitative estimate of drug-likeness (QED) is 0.804. The van der Waals surface area contributed by atoms with E-state index in [2.05, 4.69) is 25.9 Å². The molecule has 0 atom stereocenters. The minimum absolute atomic E-state index is 0.0741. The van der Waals surface area contributed by atoms with Crippen molar-refractivity contribution < 1.29 is 9.32 Å². The molecule has 0 saturated heterocycles. The van der Waals surface area contributed by atoms with Gasteiger partial charge in [-0.2, -0.15) is 9.36 Å². The van der Waals surface area contributed by atoms with Crippen molar-refractivity contribution in [2.24, 2.45) is 0 Å². The number of amides is 1. The molecule has 2 aromatic heterocycles. The molecule has 6 nitrogen and oxygen atoms in total. The van der Waals surface area contributed by atoms with E-state index in [-0.39, 0.29) is 5.91 Å². The number of aromatic nitrogens is 3. The van der Waals surface area contributed by atoms with Gasteiger partial charge in [-0.15, -0.1) is 0 Å². The van der Waals surface area contributed by atoms with Crippen molar-refractivity contribution in [1.82, 2.24) is 14.5 Å². The molecule has 3 aromatic rings. The first kappa shape index (κ1) is 13.1. The molecule has 110 valence electrons. The molecule has 1 aliphatic heterocycles. The number of benzene rings is 1. The van der Waals surface area contributed by atoms with Crippen LogP contribution in [0.15, 0.2) is 34.2 Å². The summed E-state index contributed by atoms with van der Waals surface area (Å²) in [6, 6.07) is 7.85. The van der Waals surface area contributed by atoms with Crippen LogP contribution in [0.25, 0.3) is 11.5 Å². The number of aryl methyl sites for hydroxylation is 1. The topological polar surface area (TPSA) is 80.9 Å². The Morgan fingerprint density at radius 2 is 2.23 bits per heavy atom. The Morgan fingerprint density at radius 3 is 3.09 bits per heavy atom. The lowest BCUT2D eigenvalue weighted by molar-refractivity contribution is -0.116. The van der Waals surface area contributed by atoms with Crippen molar-refractivity contribution in [1.29, 1.82) is 0 Å². The van der Waals surface area contributed by atoms with Crippen LogP contribution in [0.4, 0.5) is 5.69 Å². The Labute approximate surface area is 130 Å². The largest absolute Gasteiger partial charge is 0.339 e. The average Bonchev–Trinajstić information content (AvgIpc) is 3.18. The molecule has 3 heterocycles. The van der Waals surface area contributed by atoms with Crippen LogP contribution >= 0.6 is 11.5 Å². The SMILES string of the molecule is O=C1CCc2cc(Cc3nc(-c4ccsn4)no3)ccc2N1. The highest BCUT2D eigenvalue weighted by Crippen LogP contribution is 2.25. The molecule has 7 heteroatoms. The summed E-state index contributed by atoms with van der Waals surface area (Å²) in [6.07, 6.45) is 1.87. The summed E-state index contributed by atoms with van der Waals surface area (Å²) >= 11 is 1.36. The van der Waals surface area contributed by atoms with Gasteiger partial charge in [0.05, 0.1) is 6.42 Å². The van der Waals surface area contributed by atoms with E-state index in [4.69, 9.17) is 4.52 Å². The van der Waals surface area contributed by atoms with Crippen molar-refractivity contribution in [2.45, 2.75) is 19.3 Å². The van der Waals surface area contributed by atoms with Gasteiger partial charge in [0.15, 0.2) is 0 Å². The molecule has 1 aromatic carbocycles. The minimum atomic E-state index is 0.0741. The van der Waals surface area contributed by atoms with Gasteiger partial charge in [0.2, 0.25) is 17.6 Å². The first-order valence-corrected chi connectivity index (χ1v) is 7.76. The van der Waals surface area contributed by atoms with Crippen molar-refractivity contribution in [2.75, 3.05) is 5.32 Å². The average molecular weight is 312 g/mol.